The van der Waals surface area contributed by atoms with Gasteiger partial charge in [-0.1, -0.05) is 12.8 Å². The molecule has 2 heterocycles. The SMILES string of the molecule is CN=C(NCCC(=O)N1CCN(c2ncccn2)CC1)NC1CCCC1.I. The minimum Gasteiger partial charge on any atom is -0.356 e. The van der Waals surface area contributed by atoms with Crippen LogP contribution in [0.5, 0.6) is 0 Å². The Morgan fingerprint density at radius 2 is 1.85 bits per heavy atom. The molecule has 9 heteroatoms. The van der Waals surface area contributed by atoms with Gasteiger partial charge in [0, 0.05) is 64.6 Å². The maximum Gasteiger partial charge on any atom is 0.225 e. The molecule has 1 saturated heterocycles. The zero-order valence-corrected chi connectivity index (χ0v) is 18.3. The fourth-order valence-corrected chi connectivity index (χ4v) is 3.51. The summed E-state index contributed by atoms with van der Waals surface area (Å²) in [4.78, 5) is 29.3. The number of nitrogens with one attached hydrogen (secondary N) is 2. The number of aliphatic imine (C=N–C) groups is 1. The Hall–Kier alpha value is -1.65. The molecule has 1 aromatic heterocycles. The van der Waals surface area contributed by atoms with Crippen molar-refractivity contribution in [2.75, 3.05) is 44.7 Å². The van der Waals surface area contributed by atoms with E-state index in [1.165, 1.54) is 25.7 Å². The second kappa shape index (κ2) is 11.3. The summed E-state index contributed by atoms with van der Waals surface area (Å²) >= 11 is 0. The lowest BCUT2D eigenvalue weighted by Crippen LogP contribution is -2.50. The second-order valence-corrected chi connectivity index (χ2v) is 6.79. The first-order valence-electron chi connectivity index (χ1n) is 9.53. The largest absolute Gasteiger partial charge is 0.356 e. The maximum absolute atomic E-state index is 12.4. The zero-order chi connectivity index (χ0) is 18.2. The van der Waals surface area contributed by atoms with Crippen molar-refractivity contribution in [3.63, 3.8) is 0 Å². The molecule has 0 unspecified atom stereocenters. The fraction of sp³-hybridized carbons (Fsp3) is 0.667. The number of hydrogen-bond acceptors (Lipinski definition) is 5. The summed E-state index contributed by atoms with van der Waals surface area (Å²) in [6, 6.07) is 2.33. The first-order chi connectivity index (χ1) is 12.8. The Morgan fingerprint density at radius 1 is 1.19 bits per heavy atom. The van der Waals surface area contributed by atoms with Gasteiger partial charge in [0.05, 0.1) is 0 Å². The highest BCUT2D eigenvalue weighted by Gasteiger charge is 2.22. The number of amides is 1. The number of aromatic nitrogens is 2. The van der Waals surface area contributed by atoms with E-state index in [-0.39, 0.29) is 29.9 Å². The average molecular weight is 487 g/mol. The molecule has 8 nitrogen and oxygen atoms in total. The molecule has 0 spiro atoms. The number of rotatable bonds is 5. The van der Waals surface area contributed by atoms with Crippen molar-refractivity contribution >= 4 is 41.8 Å². The van der Waals surface area contributed by atoms with Crippen molar-refractivity contribution in [1.29, 1.82) is 0 Å². The quantitative estimate of drug-likeness (QED) is 0.370. The Balaban J connectivity index is 0.00000261. The third-order valence-corrected chi connectivity index (χ3v) is 5.02. The molecule has 0 bridgehead atoms. The molecular weight excluding hydrogens is 457 g/mol. The Morgan fingerprint density at radius 3 is 2.48 bits per heavy atom. The molecule has 1 aliphatic carbocycles. The van der Waals surface area contributed by atoms with Crippen LogP contribution >= 0.6 is 24.0 Å². The first kappa shape index (κ1) is 21.6. The highest BCUT2D eigenvalue weighted by Crippen LogP contribution is 2.17. The van der Waals surface area contributed by atoms with Gasteiger partial charge in [-0.15, -0.1) is 24.0 Å². The molecule has 3 rings (SSSR count). The van der Waals surface area contributed by atoms with Crippen molar-refractivity contribution in [3.8, 4) is 0 Å². The molecule has 1 aromatic rings. The highest BCUT2D eigenvalue weighted by atomic mass is 127. The van der Waals surface area contributed by atoms with Crippen molar-refractivity contribution in [2.45, 2.75) is 38.1 Å². The minimum absolute atomic E-state index is 0. The van der Waals surface area contributed by atoms with Crippen molar-refractivity contribution in [3.05, 3.63) is 18.5 Å². The van der Waals surface area contributed by atoms with E-state index in [0.717, 1.165) is 25.0 Å². The van der Waals surface area contributed by atoms with Gasteiger partial charge in [0.15, 0.2) is 5.96 Å². The molecular formula is C18H30IN7O. The molecule has 27 heavy (non-hydrogen) atoms. The van der Waals surface area contributed by atoms with Gasteiger partial charge in [-0.05, 0) is 18.9 Å². The van der Waals surface area contributed by atoms with Crippen LogP contribution in [0.1, 0.15) is 32.1 Å². The number of hydrogen-bond donors (Lipinski definition) is 2. The van der Waals surface area contributed by atoms with Gasteiger partial charge in [0.1, 0.15) is 0 Å². The third kappa shape index (κ3) is 6.47. The molecule has 0 atom stereocenters. The summed E-state index contributed by atoms with van der Waals surface area (Å²) in [7, 11) is 1.77. The fourth-order valence-electron chi connectivity index (χ4n) is 3.51. The van der Waals surface area contributed by atoms with E-state index in [2.05, 4.69) is 30.5 Å². The number of nitrogens with zero attached hydrogens (tertiary/aromatic N) is 5. The van der Waals surface area contributed by atoms with E-state index in [4.69, 9.17) is 0 Å². The predicted octanol–water partition coefficient (Wildman–Crippen LogP) is 1.24. The van der Waals surface area contributed by atoms with Gasteiger partial charge >= 0.3 is 0 Å². The average Bonchev–Trinajstić information content (AvgIpc) is 3.21. The van der Waals surface area contributed by atoms with Gasteiger partial charge in [-0.2, -0.15) is 0 Å². The van der Waals surface area contributed by atoms with Crippen LogP contribution in [0.25, 0.3) is 0 Å². The Labute approximate surface area is 178 Å². The van der Waals surface area contributed by atoms with Gasteiger partial charge in [-0.25, -0.2) is 9.97 Å². The number of carbonyl (C=O) groups excluding carboxylic acids is 1. The van der Waals surface area contributed by atoms with Crippen LogP contribution in [0, 0.1) is 0 Å². The lowest BCUT2D eigenvalue weighted by atomic mass is 10.2. The highest BCUT2D eigenvalue weighted by molar-refractivity contribution is 14.0. The van der Waals surface area contributed by atoms with Crippen LogP contribution in [-0.4, -0.2) is 72.5 Å². The van der Waals surface area contributed by atoms with Crippen molar-refractivity contribution in [2.24, 2.45) is 4.99 Å². The summed E-state index contributed by atoms with van der Waals surface area (Å²) in [5, 5.41) is 6.70. The smallest absolute Gasteiger partial charge is 0.225 e. The van der Waals surface area contributed by atoms with E-state index in [0.29, 0.717) is 32.1 Å². The van der Waals surface area contributed by atoms with Crippen LogP contribution in [0.4, 0.5) is 5.95 Å². The number of piperazine rings is 1. The molecule has 2 N–H and O–H groups in total. The second-order valence-electron chi connectivity index (χ2n) is 6.79. The van der Waals surface area contributed by atoms with Crippen LogP contribution in [-0.2, 0) is 4.79 Å². The summed E-state index contributed by atoms with van der Waals surface area (Å²) in [5.41, 5.74) is 0. The summed E-state index contributed by atoms with van der Waals surface area (Å²) < 4.78 is 0. The molecule has 1 amide bonds. The lowest BCUT2D eigenvalue weighted by molar-refractivity contribution is -0.131. The van der Waals surface area contributed by atoms with Gasteiger partial charge in [0.2, 0.25) is 11.9 Å². The number of halogens is 1. The molecule has 150 valence electrons. The monoisotopic (exact) mass is 487 g/mol. The van der Waals surface area contributed by atoms with Gasteiger partial charge in [0.25, 0.3) is 0 Å². The number of carbonyl (C=O) groups is 1. The molecule has 0 radical (unpaired) electrons. The van der Waals surface area contributed by atoms with E-state index >= 15 is 0 Å². The lowest BCUT2D eigenvalue weighted by Gasteiger charge is -2.34. The topological polar surface area (TPSA) is 85.8 Å². The van der Waals surface area contributed by atoms with Gasteiger partial charge in [-0.3, -0.25) is 9.79 Å². The summed E-state index contributed by atoms with van der Waals surface area (Å²) in [5.74, 6) is 1.72. The molecule has 2 aliphatic rings. The molecule has 1 aliphatic heterocycles. The van der Waals surface area contributed by atoms with Crippen molar-refractivity contribution in [1.82, 2.24) is 25.5 Å². The van der Waals surface area contributed by atoms with Crippen molar-refractivity contribution < 1.29 is 4.79 Å². The maximum atomic E-state index is 12.4. The normalized spacial score (nSPS) is 18.2. The molecule has 2 fully saturated rings. The summed E-state index contributed by atoms with van der Waals surface area (Å²) in [6.45, 7) is 3.58. The third-order valence-electron chi connectivity index (χ3n) is 5.02. The van der Waals surface area contributed by atoms with Gasteiger partial charge < -0.3 is 20.4 Å². The molecule has 1 saturated carbocycles. The van der Waals surface area contributed by atoms with E-state index in [1.54, 1.807) is 19.4 Å². The van der Waals surface area contributed by atoms with E-state index in [9.17, 15) is 4.79 Å². The Kier molecular flexibility index (Phi) is 9.02. The predicted molar refractivity (Wildman–Crippen MR) is 118 cm³/mol. The van der Waals surface area contributed by atoms with Crippen LogP contribution in [0.3, 0.4) is 0 Å². The molecule has 0 aromatic carbocycles. The van der Waals surface area contributed by atoms with E-state index < -0.39 is 0 Å². The van der Waals surface area contributed by atoms with Crippen LogP contribution in [0.15, 0.2) is 23.5 Å². The minimum atomic E-state index is 0. The van der Waals surface area contributed by atoms with Crippen LogP contribution in [0.2, 0.25) is 0 Å². The number of guanidine groups is 1. The van der Waals surface area contributed by atoms with E-state index in [1.807, 2.05) is 11.0 Å². The zero-order valence-electron chi connectivity index (χ0n) is 15.9. The standard InChI is InChI=1S/C18H29N7O.HI/c1-19-17(23-15-5-2-3-6-15)20-10-7-16(26)24-11-13-25(14-12-24)18-21-8-4-9-22-18;/h4,8-9,15H,2-3,5-7,10-14H2,1H3,(H2,19,20,23);1H. The summed E-state index contributed by atoms with van der Waals surface area (Å²) in [6.07, 6.45) is 8.95. The van der Waals surface area contributed by atoms with Crippen LogP contribution < -0.4 is 15.5 Å². The Bertz CT molecular complexity index is 599. The first-order valence-corrected chi connectivity index (χ1v) is 9.53. The number of anilines is 1.